The van der Waals surface area contributed by atoms with E-state index >= 15 is 0 Å². The van der Waals surface area contributed by atoms with Crippen molar-refractivity contribution in [2.45, 2.75) is 12.8 Å². The Labute approximate surface area is 144 Å². The summed E-state index contributed by atoms with van der Waals surface area (Å²) in [5.74, 6) is 0.179. The predicted octanol–water partition coefficient (Wildman–Crippen LogP) is 2.51. The van der Waals surface area contributed by atoms with Crippen molar-refractivity contribution in [3.05, 3.63) is 41.0 Å². The first-order chi connectivity index (χ1) is 11.6. The van der Waals surface area contributed by atoms with Crippen LogP contribution in [-0.2, 0) is 4.74 Å². The molecule has 1 saturated heterocycles. The number of amides is 1. The van der Waals surface area contributed by atoms with E-state index < -0.39 is 0 Å². The fraction of sp³-hybridized carbons (Fsp3) is 0.412. The van der Waals surface area contributed by atoms with Crippen LogP contribution in [-0.4, -0.2) is 42.5 Å². The van der Waals surface area contributed by atoms with Crippen LogP contribution < -0.4 is 5.32 Å². The average Bonchev–Trinajstić information content (AvgIpc) is 3.11. The van der Waals surface area contributed by atoms with Gasteiger partial charge in [0.25, 0.3) is 5.91 Å². The molecular formula is C17H19ClN2O4. The van der Waals surface area contributed by atoms with Crippen molar-refractivity contribution >= 4 is 17.5 Å². The largest absolute Gasteiger partial charge is 0.396 e. The molecule has 6 nitrogen and oxygen atoms in total. The van der Waals surface area contributed by atoms with Gasteiger partial charge in [0.15, 0.2) is 11.5 Å². The zero-order chi connectivity index (χ0) is 17.0. The minimum Gasteiger partial charge on any atom is -0.396 e. The number of halogens is 1. The summed E-state index contributed by atoms with van der Waals surface area (Å²) in [6.45, 7) is 1.60. The summed E-state index contributed by atoms with van der Waals surface area (Å²) in [5.41, 5.74) is 0.679. The van der Waals surface area contributed by atoms with Crippen molar-refractivity contribution in [3.63, 3.8) is 0 Å². The first-order valence-electron chi connectivity index (χ1n) is 7.81. The highest BCUT2D eigenvalue weighted by molar-refractivity contribution is 6.30. The molecule has 7 heteroatoms. The van der Waals surface area contributed by atoms with Gasteiger partial charge >= 0.3 is 0 Å². The summed E-state index contributed by atoms with van der Waals surface area (Å²) in [5, 5.41) is 16.9. The Hall–Kier alpha value is -1.89. The van der Waals surface area contributed by atoms with E-state index in [0.29, 0.717) is 30.5 Å². The topological polar surface area (TPSA) is 84.6 Å². The number of hydrogen-bond donors (Lipinski definition) is 2. The van der Waals surface area contributed by atoms with Gasteiger partial charge in [0, 0.05) is 41.8 Å². The molecule has 24 heavy (non-hydrogen) atoms. The maximum absolute atomic E-state index is 12.3. The lowest BCUT2D eigenvalue weighted by atomic mass is 9.81. The third-order valence-corrected chi connectivity index (χ3v) is 4.64. The predicted molar refractivity (Wildman–Crippen MR) is 88.9 cm³/mol. The van der Waals surface area contributed by atoms with Gasteiger partial charge in [-0.1, -0.05) is 16.8 Å². The van der Waals surface area contributed by atoms with Crippen LogP contribution in [0.5, 0.6) is 0 Å². The van der Waals surface area contributed by atoms with Crippen LogP contribution in [0, 0.1) is 5.41 Å². The Bertz CT molecular complexity index is 693. The van der Waals surface area contributed by atoms with Gasteiger partial charge in [-0.25, -0.2) is 0 Å². The molecule has 0 atom stereocenters. The number of rotatable bonds is 5. The van der Waals surface area contributed by atoms with Gasteiger partial charge in [0.1, 0.15) is 0 Å². The zero-order valence-corrected chi connectivity index (χ0v) is 13.9. The van der Waals surface area contributed by atoms with E-state index in [4.69, 9.17) is 20.9 Å². The van der Waals surface area contributed by atoms with Crippen LogP contribution in [0.2, 0.25) is 5.02 Å². The molecule has 0 saturated carbocycles. The Morgan fingerprint density at radius 1 is 1.29 bits per heavy atom. The number of nitrogens with one attached hydrogen (secondary N) is 1. The molecule has 1 aromatic carbocycles. The van der Waals surface area contributed by atoms with Crippen LogP contribution in [0.4, 0.5) is 0 Å². The maximum Gasteiger partial charge on any atom is 0.273 e. The fourth-order valence-electron chi connectivity index (χ4n) is 2.69. The molecule has 2 N–H and O–H groups in total. The lowest BCUT2D eigenvalue weighted by Gasteiger charge is -2.35. The van der Waals surface area contributed by atoms with Gasteiger partial charge in [-0.2, -0.15) is 0 Å². The molecule has 128 valence electrons. The molecule has 3 rings (SSSR count). The summed E-state index contributed by atoms with van der Waals surface area (Å²) in [7, 11) is 0. The summed E-state index contributed by atoms with van der Waals surface area (Å²) in [4.78, 5) is 12.3. The van der Waals surface area contributed by atoms with E-state index in [1.165, 1.54) is 0 Å². The second-order valence-corrected chi connectivity index (χ2v) is 6.47. The molecule has 1 amide bonds. The molecule has 1 fully saturated rings. The molecule has 1 aromatic heterocycles. The highest BCUT2D eigenvalue weighted by atomic mass is 35.5. The second-order valence-electron chi connectivity index (χ2n) is 6.04. The maximum atomic E-state index is 12.3. The first-order valence-corrected chi connectivity index (χ1v) is 8.19. The molecule has 1 aliphatic rings. The summed E-state index contributed by atoms with van der Waals surface area (Å²) >= 11 is 5.86. The minimum absolute atomic E-state index is 0.0193. The van der Waals surface area contributed by atoms with Crippen LogP contribution in [0.25, 0.3) is 11.3 Å². The Balaban J connectivity index is 1.64. The fourth-order valence-corrected chi connectivity index (χ4v) is 2.81. The van der Waals surface area contributed by atoms with E-state index in [0.717, 1.165) is 18.4 Å². The average molecular weight is 351 g/mol. The van der Waals surface area contributed by atoms with Crippen LogP contribution in [0.15, 0.2) is 34.9 Å². The number of aliphatic hydroxyl groups is 1. The van der Waals surface area contributed by atoms with Crippen LogP contribution in [0.1, 0.15) is 23.3 Å². The van der Waals surface area contributed by atoms with Crippen molar-refractivity contribution < 1.29 is 19.2 Å². The number of carbonyl (C=O) groups is 1. The monoisotopic (exact) mass is 350 g/mol. The molecule has 2 heterocycles. The molecule has 0 aliphatic carbocycles. The van der Waals surface area contributed by atoms with Gasteiger partial charge in [0.05, 0.1) is 6.61 Å². The van der Waals surface area contributed by atoms with Crippen molar-refractivity contribution in [3.8, 4) is 11.3 Å². The molecule has 1 aliphatic heterocycles. The summed E-state index contributed by atoms with van der Waals surface area (Å²) < 4.78 is 10.5. The zero-order valence-electron chi connectivity index (χ0n) is 13.1. The molecule has 0 bridgehead atoms. The van der Waals surface area contributed by atoms with E-state index in [2.05, 4.69) is 10.5 Å². The van der Waals surface area contributed by atoms with Gasteiger partial charge < -0.3 is 19.7 Å². The highest BCUT2D eigenvalue weighted by Crippen LogP contribution is 2.29. The number of hydrogen-bond acceptors (Lipinski definition) is 5. The Morgan fingerprint density at radius 3 is 2.67 bits per heavy atom. The normalized spacial score (nSPS) is 16.8. The number of carbonyl (C=O) groups excluding carboxylic acids is 1. The lowest BCUT2D eigenvalue weighted by molar-refractivity contribution is -0.0146. The molecule has 2 aromatic rings. The van der Waals surface area contributed by atoms with E-state index in [1.54, 1.807) is 30.3 Å². The third-order valence-electron chi connectivity index (χ3n) is 4.38. The van der Waals surface area contributed by atoms with Gasteiger partial charge in [-0.3, -0.25) is 4.79 Å². The molecular weight excluding hydrogens is 332 g/mol. The first kappa shape index (κ1) is 17.0. The van der Waals surface area contributed by atoms with E-state index in [9.17, 15) is 9.90 Å². The minimum atomic E-state index is -0.323. The summed E-state index contributed by atoms with van der Waals surface area (Å²) in [6, 6.07) is 8.68. The number of ether oxygens (including phenoxy) is 1. The third kappa shape index (κ3) is 3.77. The quantitative estimate of drug-likeness (QED) is 0.865. The van der Waals surface area contributed by atoms with Crippen molar-refractivity contribution in [2.75, 3.05) is 26.4 Å². The molecule has 0 spiro atoms. The number of benzene rings is 1. The van der Waals surface area contributed by atoms with Crippen LogP contribution in [0.3, 0.4) is 0 Å². The number of nitrogens with zero attached hydrogens (tertiary/aromatic N) is 1. The standard InChI is InChI=1S/C17H19ClN2O4/c18-13-3-1-12(2-4-13)15-9-14(20-24-15)16(22)19-10-17(11-21)5-7-23-8-6-17/h1-4,9,21H,5-8,10-11H2,(H,19,22). The van der Waals surface area contributed by atoms with Crippen molar-refractivity contribution in [2.24, 2.45) is 5.41 Å². The molecule has 0 unspecified atom stereocenters. The van der Waals surface area contributed by atoms with Gasteiger partial charge in [0.2, 0.25) is 0 Å². The van der Waals surface area contributed by atoms with E-state index in [1.807, 2.05) is 0 Å². The highest BCUT2D eigenvalue weighted by Gasteiger charge is 2.32. The summed E-state index contributed by atoms with van der Waals surface area (Å²) in [6.07, 6.45) is 1.44. The number of aliphatic hydroxyl groups excluding tert-OH is 1. The lowest BCUT2D eigenvalue weighted by Crippen LogP contribution is -2.43. The van der Waals surface area contributed by atoms with Crippen LogP contribution >= 0.6 is 11.6 Å². The number of aromatic nitrogens is 1. The van der Waals surface area contributed by atoms with Gasteiger partial charge in [-0.15, -0.1) is 0 Å². The van der Waals surface area contributed by atoms with E-state index in [-0.39, 0.29) is 23.6 Å². The molecule has 0 radical (unpaired) electrons. The van der Waals surface area contributed by atoms with Crippen molar-refractivity contribution in [1.29, 1.82) is 0 Å². The smallest absolute Gasteiger partial charge is 0.273 e. The Kier molecular flexibility index (Phi) is 5.18. The Morgan fingerprint density at radius 2 is 2.00 bits per heavy atom. The second kappa shape index (κ2) is 7.34. The van der Waals surface area contributed by atoms with Gasteiger partial charge in [-0.05, 0) is 37.1 Å². The SMILES string of the molecule is O=C(NCC1(CO)CCOCC1)c1cc(-c2ccc(Cl)cc2)on1. The van der Waals surface area contributed by atoms with Crippen molar-refractivity contribution in [1.82, 2.24) is 10.5 Å².